The van der Waals surface area contributed by atoms with Crippen molar-refractivity contribution in [2.24, 2.45) is 0 Å². The average molecular weight is 207 g/mol. The highest BCUT2D eigenvalue weighted by atomic mass is 16.5. The molecule has 1 aromatic carbocycles. The molecule has 0 aromatic heterocycles. The molecule has 1 aliphatic heterocycles. The van der Waals surface area contributed by atoms with E-state index in [1.165, 1.54) is 11.1 Å². The van der Waals surface area contributed by atoms with Crippen LogP contribution in [-0.2, 0) is 11.3 Å². The van der Waals surface area contributed by atoms with Gasteiger partial charge in [-0.1, -0.05) is 24.3 Å². The molecule has 2 N–H and O–H groups in total. The third-order valence-electron chi connectivity index (χ3n) is 2.80. The van der Waals surface area contributed by atoms with E-state index in [2.05, 4.69) is 29.6 Å². The molecule has 1 saturated heterocycles. The van der Waals surface area contributed by atoms with Crippen molar-refractivity contribution in [2.75, 3.05) is 13.7 Å². The average Bonchev–Trinajstić information content (AvgIpc) is 2.67. The zero-order valence-corrected chi connectivity index (χ0v) is 8.94. The van der Waals surface area contributed by atoms with Gasteiger partial charge in [0.05, 0.1) is 12.7 Å². The lowest BCUT2D eigenvalue weighted by molar-refractivity contribution is 0.185. The minimum absolute atomic E-state index is 0.200. The van der Waals surface area contributed by atoms with Gasteiger partial charge in [-0.05, 0) is 17.5 Å². The number of nitrogens with one attached hydrogen (secondary N) is 1. The van der Waals surface area contributed by atoms with Crippen LogP contribution in [0.15, 0.2) is 24.3 Å². The standard InChI is InChI=1S/C12H17NO2/c1-15-8-9-2-4-10(5-3-9)12-6-11(14)7-13-12/h2-5,11-14H,6-8H2,1H3. The summed E-state index contributed by atoms with van der Waals surface area (Å²) in [5, 5.41) is 12.7. The van der Waals surface area contributed by atoms with Crippen molar-refractivity contribution in [2.45, 2.75) is 25.2 Å². The number of ether oxygens (including phenoxy) is 1. The second kappa shape index (κ2) is 4.75. The van der Waals surface area contributed by atoms with Crippen LogP contribution in [0, 0.1) is 0 Å². The molecule has 82 valence electrons. The minimum atomic E-state index is -0.200. The predicted molar refractivity (Wildman–Crippen MR) is 58.5 cm³/mol. The molecule has 1 aromatic rings. The molecular weight excluding hydrogens is 190 g/mol. The molecule has 0 aliphatic carbocycles. The molecule has 1 heterocycles. The van der Waals surface area contributed by atoms with Crippen molar-refractivity contribution in [1.29, 1.82) is 0 Å². The Kier molecular flexibility index (Phi) is 3.36. The third kappa shape index (κ3) is 2.56. The highest BCUT2D eigenvalue weighted by Crippen LogP contribution is 2.23. The Hall–Kier alpha value is -0.900. The summed E-state index contributed by atoms with van der Waals surface area (Å²) in [5.74, 6) is 0. The summed E-state index contributed by atoms with van der Waals surface area (Å²) < 4.78 is 5.05. The Morgan fingerprint density at radius 2 is 2.13 bits per heavy atom. The summed E-state index contributed by atoms with van der Waals surface area (Å²) >= 11 is 0. The zero-order valence-electron chi connectivity index (χ0n) is 8.94. The fourth-order valence-electron chi connectivity index (χ4n) is 1.98. The minimum Gasteiger partial charge on any atom is -0.392 e. The molecule has 15 heavy (non-hydrogen) atoms. The molecular formula is C12H17NO2. The van der Waals surface area contributed by atoms with Gasteiger partial charge in [-0.25, -0.2) is 0 Å². The molecule has 0 saturated carbocycles. The lowest BCUT2D eigenvalue weighted by Gasteiger charge is -2.10. The van der Waals surface area contributed by atoms with Gasteiger partial charge in [-0.3, -0.25) is 0 Å². The van der Waals surface area contributed by atoms with E-state index >= 15 is 0 Å². The second-order valence-corrected chi connectivity index (χ2v) is 4.02. The van der Waals surface area contributed by atoms with Crippen molar-refractivity contribution in [3.8, 4) is 0 Å². The lowest BCUT2D eigenvalue weighted by atomic mass is 10.0. The van der Waals surface area contributed by atoms with Gasteiger partial charge >= 0.3 is 0 Å². The number of methoxy groups -OCH3 is 1. The van der Waals surface area contributed by atoms with Crippen molar-refractivity contribution >= 4 is 0 Å². The van der Waals surface area contributed by atoms with Crippen LogP contribution in [0.2, 0.25) is 0 Å². The highest BCUT2D eigenvalue weighted by Gasteiger charge is 2.22. The van der Waals surface area contributed by atoms with E-state index in [1.54, 1.807) is 7.11 Å². The molecule has 0 radical (unpaired) electrons. The number of β-amino-alcohol motifs (C(OH)–C–C–N with tert-alkyl or cyclic N) is 1. The Morgan fingerprint density at radius 1 is 1.40 bits per heavy atom. The third-order valence-corrected chi connectivity index (χ3v) is 2.80. The van der Waals surface area contributed by atoms with Crippen LogP contribution in [-0.4, -0.2) is 24.9 Å². The summed E-state index contributed by atoms with van der Waals surface area (Å²) in [6, 6.07) is 8.65. The Balaban J connectivity index is 2.03. The van der Waals surface area contributed by atoms with Crippen LogP contribution in [0.3, 0.4) is 0 Å². The number of rotatable bonds is 3. The predicted octanol–water partition coefficient (Wildman–Crippen LogP) is 1.23. The molecule has 2 atom stereocenters. The molecule has 3 heteroatoms. The van der Waals surface area contributed by atoms with Crippen LogP contribution < -0.4 is 5.32 Å². The summed E-state index contributed by atoms with van der Waals surface area (Å²) in [6.45, 7) is 1.35. The van der Waals surface area contributed by atoms with Gasteiger partial charge in [-0.15, -0.1) is 0 Å². The van der Waals surface area contributed by atoms with E-state index in [9.17, 15) is 5.11 Å². The van der Waals surface area contributed by atoms with Crippen LogP contribution in [0.4, 0.5) is 0 Å². The smallest absolute Gasteiger partial charge is 0.0713 e. The van der Waals surface area contributed by atoms with E-state index in [-0.39, 0.29) is 6.10 Å². The molecule has 1 fully saturated rings. The molecule has 0 spiro atoms. The van der Waals surface area contributed by atoms with Crippen molar-refractivity contribution in [3.63, 3.8) is 0 Å². The maximum Gasteiger partial charge on any atom is 0.0713 e. The van der Waals surface area contributed by atoms with Crippen LogP contribution in [0.1, 0.15) is 23.6 Å². The molecule has 0 bridgehead atoms. The largest absolute Gasteiger partial charge is 0.392 e. The molecule has 3 nitrogen and oxygen atoms in total. The van der Waals surface area contributed by atoms with Gasteiger partial charge in [-0.2, -0.15) is 0 Å². The number of hydrogen-bond donors (Lipinski definition) is 2. The second-order valence-electron chi connectivity index (χ2n) is 4.02. The zero-order chi connectivity index (χ0) is 10.7. The number of aliphatic hydroxyl groups is 1. The van der Waals surface area contributed by atoms with Crippen LogP contribution in [0.25, 0.3) is 0 Å². The van der Waals surface area contributed by atoms with E-state index < -0.39 is 0 Å². The van der Waals surface area contributed by atoms with Crippen molar-refractivity contribution < 1.29 is 9.84 Å². The van der Waals surface area contributed by atoms with Crippen molar-refractivity contribution in [3.05, 3.63) is 35.4 Å². The normalized spacial score (nSPS) is 25.7. The Bertz CT molecular complexity index is 310. The van der Waals surface area contributed by atoms with E-state index in [1.807, 2.05) is 0 Å². The summed E-state index contributed by atoms with van der Waals surface area (Å²) in [4.78, 5) is 0. The van der Waals surface area contributed by atoms with E-state index in [4.69, 9.17) is 4.74 Å². The maximum absolute atomic E-state index is 9.42. The van der Waals surface area contributed by atoms with Crippen LogP contribution in [0.5, 0.6) is 0 Å². The summed E-state index contributed by atoms with van der Waals surface area (Å²) in [6.07, 6.45) is 0.609. The van der Waals surface area contributed by atoms with Gasteiger partial charge in [0.25, 0.3) is 0 Å². The lowest BCUT2D eigenvalue weighted by Crippen LogP contribution is -2.14. The number of hydrogen-bond acceptors (Lipinski definition) is 3. The number of aliphatic hydroxyl groups excluding tert-OH is 1. The molecule has 2 rings (SSSR count). The van der Waals surface area contributed by atoms with Crippen LogP contribution >= 0.6 is 0 Å². The topological polar surface area (TPSA) is 41.5 Å². The quantitative estimate of drug-likeness (QED) is 0.783. The molecule has 1 aliphatic rings. The fraction of sp³-hybridized carbons (Fsp3) is 0.500. The van der Waals surface area contributed by atoms with Gasteiger partial charge in [0, 0.05) is 19.7 Å². The monoisotopic (exact) mass is 207 g/mol. The maximum atomic E-state index is 9.42. The summed E-state index contributed by atoms with van der Waals surface area (Å²) in [5.41, 5.74) is 2.42. The van der Waals surface area contributed by atoms with Gasteiger partial charge in [0.1, 0.15) is 0 Å². The van der Waals surface area contributed by atoms with E-state index in [0.717, 1.165) is 6.42 Å². The number of benzene rings is 1. The Labute approximate surface area is 90.1 Å². The van der Waals surface area contributed by atoms with Gasteiger partial charge in [0.2, 0.25) is 0 Å². The molecule has 0 amide bonds. The van der Waals surface area contributed by atoms with E-state index in [0.29, 0.717) is 19.2 Å². The fourth-order valence-corrected chi connectivity index (χ4v) is 1.98. The first-order valence-electron chi connectivity index (χ1n) is 5.29. The van der Waals surface area contributed by atoms with Gasteiger partial charge < -0.3 is 15.2 Å². The summed E-state index contributed by atoms with van der Waals surface area (Å²) in [7, 11) is 1.70. The first-order chi connectivity index (χ1) is 7.29. The first kappa shape index (κ1) is 10.6. The molecule has 2 unspecified atom stereocenters. The Morgan fingerprint density at radius 3 is 2.67 bits per heavy atom. The highest BCUT2D eigenvalue weighted by molar-refractivity contribution is 5.25. The van der Waals surface area contributed by atoms with Gasteiger partial charge in [0.15, 0.2) is 0 Å². The SMILES string of the molecule is COCc1ccc(C2CC(O)CN2)cc1. The van der Waals surface area contributed by atoms with Crippen molar-refractivity contribution in [1.82, 2.24) is 5.32 Å². The first-order valence-corrected chi connectivity index (χ1v) is 5.29.